The van der Waals surface area contributed by atoms with E-state index in [0.717, 1.165) is 0 Å². The number of halogens is 1. The number of ether oxygens (including phenoxy) is 1. The number of hydrogen-bond acceptors (Lipinski definition) is 4. The number of aromatic nitrogens is 1. The maximum atomic E-state index is 12.9. The Hall–Kier alpha value is -2.96. The van der Waals surface area contributed by atoms with Gasteiger partial charge in [-0.15, -0.1) is 0 Å². The number of amides is 2. The molecule has 1 aliphatic heterocycles. The number of rotatable bonds is 5. The first-order valence-electron chi connectivity index (χ1n) is 7.55. The van der Waals surface area contributed by atoms with Crippen LogP contribution in [0.4, 0.5) is 10.1 Å². The second-order valence-corrected chi connectivity index (χ2v) is 5.27. The van der Waals surface area contributed by atoms with E-state index in [9.17, 15) is 14.0 Å². The number of nitrogens with zero attached hydrogens (tertiary/aromatic N) is 2. The van der Waals surface area contributed by atoms with Crippen LogP contribution in [-0.2, 0) is 4.79 Å². The van der Waals surface area contributed by atoms with E-state index in [-0.39, 0.29) is 17.6 Å². The fourth-order valence-electron chi connectivity index (χ4n) is 2.38. The van der Waals surface area contributed by atoms with Crippen LogP contribution in [0.2, 0.25) is 0 Å². The first-order chi connectivity index (χ1) is 11.6. The minimum absolute atomic E-state index is 0.228. The zero-order valence-electron chi connectivity index (χ0n) is 13.0. The minimum Gasteiger partial charge on any atom is -0.478 e. The van der Waals surface area contributed by atoms with E-state index in [4.69, 9.17) is 4.74 Å². The summed E-state index contributed by atoms with van der Waals surface area (Å²) < 4.78 is 18.1. The molecule has 0 saturated carbocycles. The lowest BCUT2D eigenvalue weighted by atomic mass is 10.1. The molecule has 1 aliphatic rings. The SMILES string of the molecule is CCOc1ccc(C(=O)NC2CN(c3ccc(F)cc3)C2=O)cn1. The quantitative estimate of drug-likeness (QED) is 0.849. The molecular weight excluding hydrogens is 313 g/mol. The van der Waals surface area contributed by atoms with Crippen LogP contribution >= 0.6 is 0 Å². The monoisotopic (exact) mass is 329 g/mol. The number of carbonyl (C=O) groups excluding carboxylic acids is 2. The van der Waals surface area contributed by atoms with Crippen LogP contribution in [-0.4, -0.2) is 36.0 Å². The topological polar surface area (TPSA) is 71.5 Å². The number of anilines is 1. The van der Waals surface area contributed by atoms with Gasteiger partial charge in [-0.3, -0.25) is 9.59 Å². The van der Waals surface area contributed by atoms with E-state index < -0.39 is 6.04 Å². The van der Waals surface area contributed by atoms with Gasteiger partial charge in [0.05, 0.1) is 18.7 Å². The summed E-state index contributed by atoms with van der Waals surface area (Å²) in [6.45, 7) is 2.69. The highest BCUT2D eigenvalue weighted by atomic mass is 19.1. The molecule has 1 fully saturated rings. The first-order valence-corrected chi connectivity index (χ1v) is 7.55. The molecule has 0 bridgehead atoms. The van der Waals surface area contributed by atoms with Gasteiger partial charge >= 0.3 is 0 Å². The van der Waals surface area contributed by atoms with Crippen LogP contribution in [0.3, 0.4) is 0 Å². The largest absolute Gasteiger partial charge is 0.478 e. The lowest BCUT2D eigenvalue weighted by Gasteiger charge is -2.38. The molecule has 1 aromatic carbocycles. The number of pyridine rings is 1. The lowest BCUT2D eigenvalue weighted by molar-refractivity contribution is -0.124. The van der Waals surface area contributed by atoms with Crippen LogP contribution in [0.25, 0.3) is 0 Å². The second-order valence-electron chi connectivity index (χ2n) is 5.27. The molecule has 1 aromatic heterocycles. The fraction of sp³-hybridized carbons (Fsp3) is 0.235. The van der Waals surface area contributed by atoms with Crippen molar-refractivity contribution in [3.63, 3.8) is 0 Å². The Morgan fingerprint density at radius 3 is 2.67 bits per heavy atom. The van der Waals surface area contributed by atoms with Crippen molar-refractivity contribution < 1.29 is 18.7 Å². The van der Waals surface area contributed by atoms with E-state index in [1.165, 1.54) is 35.4 Å². The average molecular weight is 329 g/mol. The molecule has 1 saturated heterocycles. The molecule has 0 radical (unpaired) electrons. The molecule has 124 valence electrons. The average Bonchev–Trinajstić information content (AvgIpc) is 2.60. The smallest absolute Gasteiger partial charge is 0.253 e. The van der Waals surface area contributed by atoms with Crippen molar-refractivity contribution in [2.45, 2.75) is 13.0 Å². The fourth-order valence-corrected chi connectivity index (χ4v) is 2.38. The number of benzene rings is 1. The van der Waals surface area contributed by atoms with Crippen LogP contribution in [0.1, 0.15) is 17.3 Å². The van der Waals surface area contributed by atoms with Gasteiger partial charge in [0.15, 0.2) is 0 Å². The maximum Gasteiger partial charge on any atom is 0.253 e. The number of β-lactam (4-membered cyclic amide) rings is 1. The Kier molecular flexibility index (Phi) is 4.41. The number of carbonyl (C=O) groups is 2. The molecular formula is C17H16FN3O3. The van der Waals surface area contributed by atoms with Gasteiger partial charge in [0.2, 0.25) is 5.88 Å². The van der Waals surface area contributed by atoms with Crippen molar-refractivity contribution in [2.24, 2.45) is 0 Å². The van der Waals surface area contributed by atoms with Crippen LogP contribution in [0, 0.1) is 5.82 Å². The molecule has 1 atom stereocenters. The Bertz CT molecular complexity index is 747. The highest BCUT2D eigenvalue weighted by Crippen LogP contribution is 2.22. The minimum atomic E-state index is -0.589. The summed E-state index contributed by atoms with van der Waals surface area (Å²) in [6, 6.07) is 8.25. The molecule has 3 rings (SSSR count). The van der Waals surface area contributed by atoms with Gasteiger partial charge in [-0.25, -0.2) is 9.37 Å². The molecule has 0 spiro atoms. The molecule has 2 amide bonds. The Balaban J connectivity index is 1.58. The lowest BCUT2D eigenvalue weighted by Crippen LogP contribution is -2.64. The Morgan fingerprint density at radius 1 is 1.33 bits per heavy atom. The van der Waals surface area contributed by atoms with E-state index in [0.29, 0.717) is 30.3 Å². The predicted molar refractivity (Wildman–Crippen MR) is 85.4 cm³/mol. The van der Waals surface area contributed by atoms with Gasteiger partial charge in [-0.2, -0.15) is 0 Å². The van der Waals surface area contributed by atoms with Gasteiger partial charge in [0.1, 0.15) is 11.9 Å². The third-order valence-electron chi connectivity index (χ3n) is 3.66. The van der Waals surface area contributed by atoms with Gasteiger partial charge in [0, 0.05) is 18.0 Å². The van der Waals surface area contributed by atoms with Crippen LogP contribution in [0.15, 0.2) is 42.6 Å². The Labute approximate surface area is 138 Å². The van der Waals surface area contributed by atoms with E-state index >= 15 is 0 Å². The van der Waals surface area contributed by atoms with Crippen LogP contribution < -0.4 is 15.0 Å². The van der Waals surface area contributed by atoms with Crippen LogP contribution in [0.5, 0.6) is 5.88 Å². The third-order valence-corrected chi connectivity index (χ3v) is 3.66. The molecule has 24 heavy (non-hydrogen) atoms. The van der Waals surface area contributed by atoms with Crippen molar-refractivity contribution in [3.8, 4) is 5.88 Å². The van der Waals surface area contributed by atoms with Crippen molar-refractivity contribution in [1.82, 2.24) is 10.3 Å². The van der Waals surface area contributed by atoms with Gasteiger partial charge in [-0.05, 0) is 37.3 Å². The third kappa shape index (κ3) is 3.19. The molecule has 1 unspecified atom stereocenters. The zero-order chi connectivity index (χ0) is 17.1. The summed E-state index contributed by atoms with van der Waals surface area (Å²) in [5, 5.41) is 2.66. The van der Waals surface area contributed by atoms with Gasteiger partial charge in [0.25, 0.3) is 11.8 Å². The Morgan fingerprint density at radius 2 is 2.08 bits per heavy atom. The highest BCUT2D eigenvalue weighted by molar-refractivity contribution is 6.07. The molecule has 2 aromatic rings. The molecule has 6 nitrogen and oxygen atoms in total. The summed E-state index contributed by atoms with van der Waals surface area (Å²) in [4.78, 5) is 29.8. The standard InChI is InChI=1S/C17H16FN3O3/c1-2-24-15-8-3-11(9-19-15)16(22)20-14-10-21(17(14)23)13-6-4-12(18)5-7-13/h3-9,14H,2,10H2,1H3,(H,20,22). The predicted octanol–water partition coefficient (Wildman–Crippen LogP) is 1.76. The van der Waals surface area contributed by atoms with Crippen molar-refractivity contribution >= 4 is 17.5 Å². The summed E-state index contributed by atoms with van der Waals surface area (Å²) in [7, 11) is 0. The van der Waals surface area contributed by atoms with Crippen molar-refractivity contribution in [3.05, 3.63) is 54.0 Å². The second kappa shape index (κ2) is 6.66. The van der Waals surface area contributed by atoms with Crippen molar-refractivity contribution in [1.29, 1.82) is 0 Å². The van der Waals surface area contributed by atoms with Crippen molar-refractivity contribution in [2.75, 3.05) is 18.1 Å². The number of nitrogens with one attached hydrogen (secondary N) is 1. The van der Waals surface area contributed by atoms with E-state index in [1.807, 2.05) is 6.92 Å². The summed E-state index contributed by atoms with van der Waals surface area (Å²) >= 11 is 0. The van der Waals surface area contributed by atoms with Gasteiger partial charge < -0.3 is 15.0 Å². The zero-order valence-corrected chi connectivity index (χ0v) is 13.0. The molecule has 0 aliphatic carbocycles. The maximum absolute atomic E-state index is 12.9. The van der Waals surface area contributed by atoms with E-state index in [1.54, 1.807) is 12.1 Å². The summed E-state index contributed by atoms with van der Waals surface area (Å²) in [5.74, 6) is -0.521. The molecule has 2 heterocycles. The first kappa shape index (κ1) is 15.9. The highest BCUT2D eigenvalue weighted by Gasteiger charge is 2.38. The summed E-state index contributed by atoms with van der Waals surface area (Å²) in [6.07, 6.45) is 1.40. The normalized spacial score (nSPS) is 16.5. The molecule has 1 N–H and O–H groups in total. The molecule has 7 heteroatoms. The van der Waals surface area contributed by atoms with Gasteiger partial charge in [-0.1, -0.05) is 0 Å². The number of hydrogen-bond donors (Lipinski definition) is 1. The summed E-state index contributed by atoms with van der Waals surface area (Å²) in [5.41, 5.74) is 0.959. The van der Waals surface area contributed by atoms with E-state index in [2.05, 4.69) is 10.3 Å².